The molecule has 9 rings (SSSR count). The van der Waals surface area contributed by atoms with Gasteiger partial charge in [0.25, 0.3) is 0 Å². The van der Waals surface area contributed by atoms with E-state index in [0.29, 0.717) is 35.7 Å². The molecule has 0 saturated carbocycles. The van der Waals surface area contributed by atoms with Gasteiger partial charge < -0.3 is 51.7 Å². The number of methoxy groups -OCH3 is 2. The summed E-state index contributed by atoms with van der Waals surface area (Å²) in [5.41, 5.74) is 10.3. The molecular formula is C90H139ClLi2N6O9PSi2+. The van der Waals surface area contributed by atoms with Crippen LogP contribution in [0.2, 0.25) is 36.3 Å². The second-order valence-corrected chi connectivity index (χ2v) is 41.8. The van der Waals surface area contributed by atoms with E-state index in [2.05, 4.69) is 223 Å². The predicted molar refractivity (Wildman–Crippen MR) is 472 cm³/mol. The molecule has 0 bridgehead atoms. The van der Waals surface area contributed by atoms with Crippen molar-refractivity contribution >= 4 is 77.2 Å². The largest absolute Gasteiger partial charge is 1.00 e. The standard InChI is InChI=1S/C20H20OP.C15H25NO2Si.C14H25NOSi.C9H11NO.C8H9NO.C7H7NO.C4H11NO.C4H8O.2C4H9.CH4.ClH.2Li/c1-21-17-22(18-11-5-2-6-12-18,19-13-7-3-8-14-19)20-15-9-4-10-16-20;1-12-7-8-13(14(11-17)16-12)9-10-18-19(5,6)15(2,3)4;1-12-7-8-13(11-15-12)9-10-16-17(5,6)14(2,3)4;1-8-3-4-9(7-10-8)5-6-11-2;1-7-2-3-8(4-5-10)6-9-7;1-6-2-3-7(5-9)4-8-6;1-5(2)3-4-6;1-2-4-5-3-1;2*1-3-4-2;;;;/h2-16H,17H2,1H3;7-8,11H,9-10H2,1-6H3;7-8,11H,9-10H2,1-6H3;3-7H,1-2H3;2-3,5-6H,4H2,1H3;2-5H,1H3;6H,3-4H2,1-2H3;1-4H2;2*1,3-4H2,2H3;1H4;1H;;/q+1;;;;;;;;2*-1;;;2*+1. The number of aldehydes is 3. The second kappa shape index (κ2) is 66.4. The summed E-state index contributed by atoms with van der Waals surface area (Å²) in [5, 5.41) is 12.8. The number of aliphatic hydroxyl groups excluding tert-OH is 1. The summed E-state index contributed by atoms with van der Waals surface area (Å²) in [7, 11) is 2.20. The van der Waals surface area contributed by atoms with Crippen LogP contribution >= 0.6 is 19.7 Å². The Kier molecular flexibility index (Phi) is 67.9. The smallest absolute Gasteiger partial charge is 0.504 e. The van der Waals surface area contributed by atoms with Gasteiger partial charge in [-0.15, -0.1) is 12.4 Å². The van der Waals surface area contributed by atoms with E-state index in [9.17, 15) is 14.4 Å². The van der Waals surface area contributed by atoms with Gasteiger partial charge in [0.05, 0.1) is 20.0 Å². The van der Waals surface area contributed by atoms with Crippen LogP contribution < -0.4 is 53.6 Å². The van der Waals surface area contributed by atoms with Crippen LogP contribution in [0.3, 0.4) is 0 Å². The van der Waals surface area contributed by atoms with Crippen molar-refractivity contribution in [2.75, 3.05) is 74.2 Å². The maximum Gasteiger partial charge on any atom is 1.00 e. The van der Waals surface area contributed by atoms with Gasteiger partial charge in [-0.1, -0.05) is 155 Å². The molecule has 0 radical (unpaired) electrons. The molecule has 1 saturated heterocycles. The maximum atomic E-state index is 11.0. The molecule has 604 valence electrons. The minimum Gasteiger partial charge on any atom is -0.504 e. The number of hydrogen-bond donors (Lipinski definition) is 1. The van der Waals surface area contributed by atoms with Gasteiger partial charge >= 0.3 is 37.7 Å². The molecule has 0 amide bonds. The Morgan fingerprint density at radius 3 is 1.23 bits per heavy atom. The number of aryl methyl sites for hydroxylation is 5. The summed E-state index contributed by atoms with van der Waals surface area (Å²) in [6.07, 6.45) is 23.0. The number of aliphatic hydroxyl groups is 1. The van der Waals surface area contributed by atoms with E-state index in [4.69, 9.17) is 28.2 Å². The molecule has 21 heteroatoms. The van der Waals surface area contributed by atoms with Crippen LogP contribution in [0.25, 0.3) is 6.08 Å². The molecule has 111 heavy (non-hydrogen) atoms. The molecular weight excluding hydrogens is 1450 g/mol. The number of carbonyl (C=O) groups excluding carboxylic acids is 3. The Morgan fingerprint density at radius 2 is 0.937 bits per heavy atom. The van der Waals surface area contributed by atoms with Gasteiger partial charge in [0.1, 0.15) is 35.2 Å². The maximum absolute atomic E-state index is 11.0. The van der Waals surface area contributed by atoms with Crippen molar-refractivity contribution in [3.05, 3.63) is 259 Å². The first-order chi connectivity index (χ1) is 50.8. The Bertz CT molecular complexity index is 3450. The van der Waals surface area contributed by atoms with E-state index < -0.39 is 23.9 Å². The summed E-state index contributed by atoms with van der Waals surface area (Å²) >= 11 is 0. The van der Waals surface area contributed by atoms with Crippen molar-refractivity contribution in [2.24, 2.45) is 0 Å². The molecule has 1 aliphatic rings. The molecule has 1 N–H and O–H groups in total. The molecule has 6 heterocycles. The number of carbonyl (C=O) groups is 3. The number of rotatable bonds is 23. The third-order valence-corrected chi connectivity index (χ3v) is 30.5. The number of nitrogens with zero attached hydrogens (tertiary/aromatic N) is 6. The average molecular weight is 1590 g/mol. The van der Waals surface area contributed by atoms with E-state index in [1.54, 1.807) is 38.9 Å². The van der Waals surface area contributed by atoms with E-state index in [1.807, 2.05) is 115 Å². The molecule has 0 atom stereocenters. The van der Waals surface area contributed by atoms with Crippen LogP contribution in [0.5, 0.6) is 0 Å². The number of ether oxygens (including phenoxy) is 3. The van der Waals surface area contributed by atoms with E-state index in [-0.39, 0.29) is 69.2 Å². The minimum atomic E-state index is -1.78. The van der Waals surface area contributed by atoms with Gasteiger partial charge in [0.2, 0.25) is 0 Å². The number of likely N-dealkylation sites (N-methyl/N-ethyl adjacent to an activating group) is 1. The van der Waals surface area contributed by atoms with E-state index >= 15 is 0 Å². The zero-order chi connectivity index (χ0) is 80.6. The molecule has 0 spiro atoms. The predicted octanol–water partition coefficient (Wildman–Crippen LogP) is 14.3. The number of benzene rings is 3. The summed E-state index contributed by atoms with van der Waals surface area (Å²) in [6, 6.07) is 51.7. The molecule has 1 aliphatic heterocycles. The first-order valence-corrected chi connectivity index (χ1v) is 45.1. The molecule has 15 nitrogen and oxygen atoms in total. The van der Waals surface area contributed by atoms with Crippen molar-refractivity contribution in [3.63, 3.8) is 0 Å². The van der Waals surface area contributed by atoms with Crippen molar-refractivity contribution in [1.29, 1.82) is 0 Å². The van der Waals surface area contributed by atoms with Gasteiger partial charge in [-0.2, -0.15) is 12.8 Å². The zero-order valence-corrected chi connectivity index (χ0v) is 75.3. The Labute approximate surface area is 706 Å². The van der Waals surface area contributed by atoms with Crippen molar-refractivity contribution < 1.29 is 80.3 Å². The van der Waals surface area contributed by atoms with Crippen LogP contribution in [0, 0.1) is 48.5 Å². The SMILES string of the molecule is C.C1CCOC1.CN(C)CCO.COC=Cc1ccc(C)nc1.COC[P+](c1ccccc1)(c1ccccc1)c1ccccc1.Cc1ccc(C=O)cn1.Cc1ccc(CC=O)cn1.Cc1ccc(CCO[Si](C)(C)C(C)(C)C)c(C=O)n1.Cc1ccc(CCO[Si](C)(C)C(C)(C)C)cn1.Cl.[CH2-]CCC.[CH2-]CCC.[Li+].[Li+]. The van der Waals surface area contributed by atoms with Gasteiger partial charge in [0.15, 0.2) is 35.6 Å². The quantitative estimate of drug-likeness (QED) is 0.0209. The fraction of sp³-hybridized carbons (Fsp3) is 0.444. The van der Waals surface area contributed by atoms with Crippen molar-refractivity contribution in [1.82, 2.24) is 29.8 Å². The van der Waals surface area contributed by atoms with Crippen LogP contribution in [0.1, 0.15) is 173 Å². The second-order valence-electron chi connectivity index (χ2n) is 28.7. The van der Waals surface area contributed by atoms with Crippen LogP contribution in [0.15, 0.2) is 183 Å². The third kappa shape index (κ3) is 50.8. The van der Waals surface area contributed by atoms with Crippen LogP contribution in [0.4, 0.5) is 0 Å². The first kappa shape index (κ1) is 114. The van der Waals surface area contributed by atoms with Crippen molar-refractivity contribution in [2.45, 2.75) is 191 Å². The van der Waals surface area contributed by atoms with Gasteiger partial charge in [-0.3, -0.25) is 34.5 Å². The Morgan fingerprint density at radius 1 is 0.550 bits per heavy atom. The summed E-state index contributed by atoms with van der Waals surface area (Å²) < 4.78 is 27.7. The normalized spacial score (nSPS) is 11.1. The van der Waals surface area contributed by atoms with Gasteiger partial charge in [-0.05, 0) is 212 Å². The van der Waals surface area contributed by atoms with Gasteiger partial charge in [-0.25, -0.2) is 0 Å². The van der Waals surface area contributed by atoms with Crippen LogP contribution in [-0.2, 0) is 47.1 Å². The zero-order valence-electron chi connectivity index (χ0n) is 71.6. The average Bonchev–Trinajstić information content (AvgIpc) is 0.935. The molecule has 3 aromatic carbocycles. The molecule has 0 aliphatic carbocycles. The van der Waals surface area contributed by atoms with E-state index in [0.717, 1.165) is 116 Å². The molecule has 5 aromatic heterocycles. The van der Waals surface area contributed by atoms with Gasteiger partial charge in [0, 0.05) is 105 Å². The number of hydrogen-bond acceptors (Lipinski definition) is 15. The van der Waals surface area contributed by atoms with Crippen LogP contribution in [-0.4, -0.2) is 145 Å². The fourth-order valence-corrected chi connectivity index (χ4v) is 14.3. The molecule has 0 unspecified atom stereocenters. The number of pyridine rings is 5. The van der Waals surface area contributed by atoms with Crippen molar-refractivity contribution in [3.8, 4) is 0 Å². The topological polar surface area (TPSA) is 185 Å². The summed E-state index contributed by atoms with van der Waals surface area (Å²) in [6.45, 7) is 48.1. The Balaban J connectivity index is -0.000000390. The number of halogens is 1. The third-order valence-electron chi connectivity index (χ3n) is 17.2. The molecule has 1 fully saturated rings. The minimum absolute atomic E-state index is 0. The summed E-state index contributed by atoms with van der Waals surface area (Å²) in [5.74, 6) is 0. The first-order valence-electron chi connectivity index (χ1n) is 37.3. The van der Waals surface area contributed by atoms with E-state index in [1.165, 1.54) is 47.2 Å². The fourth-order valence-electron chi connectivity index (χ4n) is 8.45. The number of aromatic nitrogens is 5. The summed E-state index contributed by atoms with van der Waals surface area (Å²) in [4.78, 5) is 53.7. The monoisotopic (exact) mass is 1580 g/mol. The number of unbranched alkanes of at least 4 members (excludes halogenated alkanes) is 2. The Hall–Kier alpha value is -5.93. The molecule has 8 aromatic rings.